The molecule has 1 aromatic carbocycles. The van der Waals surface area contributed by atoms with Gasteiger partial charge in [-0.1, -0.05) is 71.0 Å². The number of rotatable bonds is 7. The normalized spacial score (nSPS) is 11.9. The second-order valence-electron chi connectivity index (χ2n) is 6.74. The van der Waals surface area contributed by atoms with E-state index in [1.54, 1.807) is 0 Å². The van der Waals surface area contributed by atoms with Crippen molar-refractivity contribution in [1.29, 1.82) is 0 Å². The Labute approximate surface area is 119 Å². The Morgan fingerprint density at radius 2 is 1.63 bits per heavy atom. The van der Waals surface area contributed by atoms with Crippen LogP contribution < -0.4 is 0 Å². The smallest absolute Gasteiger partial charge is 0.0225 e. The van der Waals surface area contributed by atoms with Crippen LogP contribution in [-0.4, -0.2) is 0 Å². The van der Waals surface area contributed by atoms with Gasteiger partial charge in [-0.3, -0.25) is 0 Å². The van der Waals surface area contributed by atoms with Crippen LogP contribution in [0.15, 0.2) is 36.4 Å². The monoisotopic (exact) mass is 258 g/mol. The van der Waals surface area contributed by atoms with Gasteiger partial charge in [0.05, 0.1) is 0 Å². The third-order valence-electron chi connectivity index (χ3n) is 4.51. The van der Waals surface area contributed by atoms with E-state index in [2.05, 4.69) is 65.5 Å². The third-order valence-corrected chi connectivity index (χ3v) is 4.51. The number of allylic oxidation sites excluding steroid dienone is 1. The van der Waals surface area contributed by atoms with Crippen molar-refractivity contribution in [3.63, 3.8) is 0 Å². The van der Waals surface area contributed by atoms with Crippen LogP contribution in [0.5, 0.6) is 0 Å². The first-order chi connectivity index (χ1) is 8.85. The minimum absolute atomic E-state index is 0.373. The van der Waals surface area contributed by atoms with Crippen molar-refractivity contribution in [3.8, 4) is 0 Å². The summed E-state index contributed by atoms with van der Waals surface area (Å²) >= 11 is 0. The van der Waals surface area contributed by atoms with Gasteiger partial charge < -0.3 is 0 Å². The van der Waals surface area contributed by atoms with Gasteiger partial charge >= 0.3 is 0 Å². The number of aryl methyl sites for hydroxylation is 1. The molecule has 0 aliphatic heterocycles. The van der Waals surface area contributed by atoms with E-state index in [0.29, 0.717) is 11.3 Å². The van der Waals surface area contributed by atoms with Crippen molar-refractivity contribution in [2.75, 3.05) is 0 Å². The zero-order valence-electron chi connectivity index (χ0n) is 13.4. The van der Waals surface area contributed by atoms with Crippen LogP contribution in [0.4, 0.5) is 0 Å². The van der Waals surface area contributed by atoms with E-state index >= 15 is 0 Å². The van der Waals surface area contributed by atoms with E-state index < -0.39 is 0 Å². The molecule has 0 radical (unpaired) electrons. The fourth-order valence-corrected chi connectivity index (χ4v) is 2.05. The summed E-state index contributed by atoms with van der Waals surface area (Å²) in [5, 5.41) is 0. The molecule has 0 atom stereocenters. The Morgan fingerprint density at radius 3 is 2.11 bits per heavy atom. The van der Waals surface area contributed by atoms with Crippen LogP contribution >= 0.6 is 0 Å². The summed E-state index contributed by atoms with van der Waals surface area (Å²) in [5.41, 5.74) is 4.61. The van der Waals surface area contributed by atoms with Crippen LogP contribution in [0.3, 0.4) is 0 Å². The second kappa shape index (κ2) is 6.93. The topological polar surface area (TPSA) is 0 Å². The first kappa shape index (κ1) is 16.0. The van der Waals surface area contributed by atoms with Crippen LogP contribution in [0, 0.1) is 11.3 Å². The standard InChI is InChI=1S/C19H30/c1-7-16(4)8-9-17-10-12-18(13-11-17)14-19(5,6)15(2)3/h10-13,15H,4,7-9,14H2,1-3,5-6H3. The number of benzene rings is 1. The van der Waals surface area contributed by atoms with Crippen molar-refractivity contribution >= 4 is 0 Å². The van der Waals surface area contributed by atoms with E-state index in [-0.39, 0.29) is 0 Å². The highest BCUT2D eigenvalue weighted by Crippen LogP contribution is 2.30. The van der Waals surface area contributed by atoms with E-state index in [4.69, 9.17) is 0 Å². The van der Waals surface area contributed by atoms with Crippen LogP contribution in [0.1, 0.15) is 58.6 Å². The molecule has 0 unspecified atom stereocenters. The summed E-state index contributed by atoms with van der Waals surface area (Å²) in [6.07, 6.45) is 4.50. The predicted octanol–water partition coefficient (Wildman–Crippen LogP) is 5.81. The lowest BCUT2D eigenvalue weighted by atomic mass is 9.76. The average Bonchev–Trinajstić information content (AvgIpc) is 2.37. The van der Waals surface area contributed by atoms with Crippen LogP contribution in [0.25, 0.3) is 0 Å². The van der Waals surface area contributed by atoms with Crippen molar-refractivity contribution < 1.29 is 0 Å². The molecule has 1 rings (SSSR count). The number of hydrogen-bond donors (Lipinski definition) is 0. The average molecular weight is 258 g/mol. The Balaban J connectivity index is 2.59. The summed E-state index contributed by atoms with van der Waals surface area (Å²) in [4.78, 5) is 0. The Kier molecular flexibility index (Phi) is 5.85. The van der Waals surface area contributed by atoms with Gasteiger partial charge in [-0.25, -0.2) is 0 Å². The number of hydrogen-bond acceptors (Lipinski definition) is 0. The zero-order chi connectivity index (χ0) is 14.5. The molecule has 0 aromatic heterocycles. The van der Waals surface area contributed by atoms with Gasteiger partial charge in [0.2, 0.25) is 0 Å². The lowest BCUT2D eigenvalue weighted by Crippen LogP contribution is -2.21. The minimum atomic E-state index is 0.373. The summed E-state index contributed by atoms with van der Waals surface area (Å²) in [5.74, 6) is 0.708. The molecule has 0 amide bonds. The molecule has 1 aromatic rings. The quantitative estimate of drug-likeness (QED) is 0.541. The van der Waals surface area contributed by atoms with Crippen molar-refractivity contribution in [2.24, 2.45) is 11.3 Å². The molecular weight excluding hydrogens is 228 g/mol. The molecule has 0 aliphatic rings. The van der Waals surface area contributed by atoms with E-state index in [9.17, 15) is 0 Å². The van der Waals surface area contributed by atoms with Crippen LogP contribution in [0.2, 0.25) is 0 Å². The van der Waals surface area contributed by atoms with Gasteiger partial charge in [-0.05, 0) is 48.1 Å². The highest BCUT2D eigenvalue weighted by molar-refractivity contribution is 5.24. The van der Waals surface area contributed by atoms with Gasteiger partial charge in [0.25, 0.3) is 0 Å². The first-order valence-corrected chi connectivity index (χ1v) is 7.59. The van der Waals surface area contributed by atoms with Crippen molar-refractivity contribution in [2.45, 2.75) is 60.3 Å². The van der Waals surface area contributed by atoms with E-state index in [0.717, 1.165) is 25.7 Å². The molecule has 19 heavy (non-hydrogen) atoms. The maximum atomic E-state index is 4.07. The Morgan fingerprint density at radius 1 is 1.11 bits per heavy atom. The van der Waals surface area contributed by atoms with E-state index in [1.807, 2.05) is 0 Å². The first-order valence-electron chi connectivity index (χ1n) is 7.59. The molecule has 0 N–H and O–H groups in total. The Bertz CT molecular complexity index is 393. The molecule has 0 aliphatic carbocycles. The molecule has 0 saturated heterocycles. The largest absolute Gasteiger partial charge is 0.0999 e. The third kappa shape index (κ3) is 5.22. The molecule has 0 bridgehead atoms. The SMILES string of the molecule is C=C(CC)CCc1ccc(CC(C)(C)C(C)C)cc1. The molecule has 0 saturated carbocycles. The Hall–Kier alpha value is -1.04. The van der Waals surface area contributed by atoms with Crippen molar-refractivity contribution in [1.82, 2.24) is 0 Å². The van der Waals surface area contributed by atoms with Crippen LogP contribution in [-0.2, 0) is 12.8 Å². The summed E-state index contributed by atoms with van der Waals surface area (Å²) in [7, 11) is 0. The van der Waals surface area contributed by atoms with Gasteiger partial charge in [-0.15, -0.1) is 0 Å². The minimum Gasteiger partial charge on any atom is -0.0999 e. The second-order valence-corrected chi connectivity index (χ2v) is 6.74. The molecule has 106 valence electrons. The molecule has 0 heteroatoms. The van der Waals surface area contributed by atoms with Gasteiger partial charge in [0.1, 0.15) is 0 Å². The zero-order valence-corrected chi connectivity index (χ0v) is 13.4. The van der Waals surface area contributed by atoms with Gasteiger partial charge in [0, 0.05) is 0 Å². The maximum Gasteiger partial charge on any atom is -0.0225 e. The predicted molar refractivity (Wildman–Crippen MR) is 86.5 cm³/mol. The summed E-state index contributed by atoms with van der Waals surface area (Å²) < 4.78 is 0. The summed E-state index contributed by atoms with van der Waals surface area (Å²) in [6.45, 7) is 15.6. The van der Waals surface area contributed by atoms with Crippen molar-refractivity contribution in [3.05, 3.63) is 47.5 Å². The molecule has 0 heterocycles. The highest BCUT2D eigenvalue weighted by Gasteiger charge is 2.22. The summed E-state index contributed by atoms with van der Waals surface area (Å²) in [6, 6.07) is 9.17. The van der Waals surface area contributed by atoms with Gasteiger partial charge in [-0.2, -0.15) is 0 Å². The highest BCUT2D eigenvalue weighted by atomic mass is 14.3. The lowest BCUT2D eigenvalue weighted by Gasteiger charge is -2.29. The maximum absolute atomic E-state index is 4.07. The fraction of sp³-hybridized carbons (Fsp3) is 0.579. The molecule has 0 spiro atoms. The molecule has 0 nitrogen and oxygen atoms in total. The molecular formula is C19H30. The fourth-order valence-electron chi connectivity index (χ4n) is 2.05. The van der Waals surface area contributed by atoms with Gasteiger partial charge in [0.15, 0.2) is 0 Å². The lowest BCUT2D eigenvalue weighted by molar-refractivity contribution is 0.248. The molecule has 0 fully saturated rings. The van der Waals surface area contributed by atoms with E-state index in [1.165, 1.54) is 16.7 Å².